The van der Waals surface area contributed by atoms with E-state index in [4.69, 9.17) is 0 Å². The summed E-state index contributed by atoms with van der Waals surface area (Å²) in [5.74, 6) is -0.374. The van der Waals surface area contributed by atoms with Crippen LogP contribution in [0.3, 0.4) is 0 Å². The fourth-order valence-electron chi connectivity index (χ4n) is 2.31. The minimum Gasteiger partial charge on any atom is -0.465 e. The third-order valence-electron chi connectivity index (χ3n) is 3.49. The van der Waals surface area contributed by atoms with Crippen LogP contribution in [0.5, 0.6) is 0 Å². The lowest BCUT2D eigenvalue weighted by Crippen LogP contribution is -2.14. The van der Waals surface area contributed by atoms with E-state index >= 15 is 0 Å². The number of carbonyl (C=O) groups is 2. The molecule has 0 unspecified atom stereocenters. The summed E-state index contributed by atoms with van der Waals surface area (Å²) >= 11 is 1.36. The van der Waals surface area contributed by atoms with Crippen molar-refractivity contribution in [2.75, 3.05) is 18.2 Å². The predicted octanol–water partition coefficient (Wildman–Crippen LogP) is 3.75. The van der Waals surface area contributed by atoms with Crippen molar-refractivity contribution in [2.45, 2.75) is 5.03 Å². The number of hydrogen-bond donors (Lipinski definition) is 1. The van der Waals surface area contributed by atoms with Crippen molar-refractivity contribution in [2.24, 2.45) is 0 Å². The molecule has 3 rings (SSSR count). The zero-order valence-electron chi connectivity index (χ0n) is 13.6. The molecule has 6 heteroatoms. The van der Waals surface area contributed by atoms with E-state index in [0.29, 0.717) is 11.3 Å². The van der Waals surface area contributed by atoms with Crippen LogP contribution < -0.4 is 5.32 Å². The van der Waals surface area contributed by atoms with Gasteiger partial charge in [-0.3, -0.25) is 4.79 Å². The molecule has 5 nitrogen and oxygen atoms in total. The highest BCUT2D eigenvalue weighted by molar-refractivity contribution is 7.99. The molecule has 1 heterocycles. The van der Waals surface area contributed by atoms with Crippen LogP contribution in [0.1, 0.15) is 10.4 Å². The Morgan fingerprint density at radius 3 is 2.76 bits per heavy atom. The first-order valence-electron chi connectivity index (χ1n) is 7.62. The standard InChI is InChI=1S/C19H16N2O3S/c1-24-19(23)14-6-4-7-15(11-14)20-17(22)12-25-18-10-9-13-5-2-3-8-16(13)21-18/h2-11H,12H2,1H3,(H,20,22). The number of thioether (sulfide) groups is 1. The molecule has 1 N–H and O–H groups in total. The summed E-state index contributed by atoms with van der Waals surface area (Å²) in [7, 11) is 1.32. The number of esters is 1. The van der Waals surface area contributed by atoms with Crippen LogP contribution in [-0.2, 0) is 9.53 Å². The summed E-state index contributed by atoms with van der Waals surface area (Å²) in [6, 6.07) is 18.4. The molecule has 0 bridgehead atoms. The van der Waals surface area contributed by atoms with Gasteiger partial charge >= 0.3 is 5.97 Å². The van der Waals surface area contributed by atoms with Gasteiger partial charge in [0.2, 0.25) is 5.91 Å². The number of carbonyl (C=O) groups excluding carboxylic acids is 2. The van der Waals surface area contributed by atoms with E-state index in [1.807, 2.05) is 36.4 Å². The quantitative estimate of drug-likeness (QED) is 0.559. The highest BCUT2D eigenvalue weighted by Gasteiger charge is 2.09. The maximum absolute atomic E-state index is 12.1. The number of methoxy groups -OCH3 is 1. The molecule has 1 amide bonds. The molecule has 1 aromatic heterocycles. The Morgan fingerprint density at radius 2 is 1.92 bits per heavy atom. The van der Waals surface area contributed by atoms with E-state index in [1.165, 1.54) is 18.9 Å². The van der Waals surface area contributed by atoms with Crippen LogP contribution in [0, 0.1) is 0 Å². The zero-order valence-corrected chi connectivity index (χ0v) is 14.4. The third kappa shape index (κ3) is 4.36. The molecule has 2 aromatic carbocycles. The number of rotatable bonds is 5. The monoisotopic (exact) mass is 352 g/mol. The first-order chi connectivity index (χ1) is 12.2. The molecule has 0 aliphatic rings. The van der Waals surface area contributed by atoms with Crippen molar-refractivity contribution in [3.8, 4) is 0 Å². The van der Waals surface area contributed by atoms with Crippen molar-refractivity contribution < 1.29 is 14.3 Å². The van der Waals surface area contributed by atoms with Crippen molar-refractivity contribution in [1.29, 1.82) is 0 Å². The van der Waals surface area contributed by atoms with Crippen molar-refractivity contribution in [3.63, 3.8) is 0 Å². The highest BCUT2D eigenvalue weighted by atomic mass is 32.2. The van der Waals surface area contributed by atoms with E-state index in [0.717, 1.165) is 15.9 Å². The summed E-state index contributed by atoms with van der Waals surface area (Å²) in [5.41, 5.74) is 1.85. The average Bonchev–Trinajstić information content (AvgIpc) is 2.65. The van der Waals surface area contributed by atoms with Crippen LogP contribution >= 0.6 is 11.8 Å². The number of fused-ring (bicyclic) bond motifs is 1. The fraction of sp³-hybridized carbons (Fsp3) is 0.105. The number of pyridine rings is 1. The summed E-state index contributed by atoms with van der Waals surface area (Å²) in [4.78, 5) is 28.2. The normalized spacial score (nSPS) is 10.4. The van der Waals surface area contributed by atoms with Crippen LogP contribution in [0.2, 0.25) is 0 Å². The van der Waals surface area contributed by atoms with Crippen LogP contribution in [0.15, 0.2) is 65.7 Å². The molecule has 0 atom stereocenters. The van der Waals surface area contributed by atoms with Gasteiger partial charge in [-0.2, -0.15) is 0 Å². The van der Waals surface area contributed by atoms with Gasteiger partial charge in [-0.1, -0.05) is 42.1 Å². The number of para-hydroxylation sites is 1. The van der Waals surface area contributed by atoms with Gasteiger partial charge in [0.1, 0.15) is 0 Å². The molecule has 0 aliphatic heterocycles. The SMILES string of the molecule is COC(=O)c1cccc(NC(=O)CSc2ccc3ccccc3n2)c1. The maximum atomic E-state index is 12.1. The number of nitrogens with one attached hydrogen (secondary N) is 1. The number of amides is 1. The Morgan fingerprint density at radius 1 is 1.08 bits per heavy atom. The van der Waals surface area contributed by atoms with Crippen LogP contribution in [-0.4, -0.2) is 29.7 Å². The summed E-state index contributed by atoms with van der Waals surface area (Å²) in [5, 5.41) is 4.63. The van der Waals surface area contributed by atoms with Crippen molar-refractivity contribution >= 4 is 40.2 Å². The van der Waals surface area contributed by atoms with Gasteiger partial charge < -0.3 is 10.1 Å². The van der Waals surface area contributed by atoms with Gasteiger partial charge in [0.25, 0.3) is 0 Å². The molecule has 0 saturated carbocycles. The van der Waals surface area contributed by atoms with Gasteiger partial charge in [0.15, 0.2) is 0 Å². The summed E-state index contributed by atoms with van der Waals surface area (Å²) in [6.45, 7) is 0. The van der Waals surface area contributed by atoms with Gasteiger partial charge in [-0.25, -0.2) is 9.78 Å². The molecule has 0 aliphatic carbocycles. The number of anilines is 1. The Labute approximate surface area is 149 Å². The summed E-state index contributed by atoms with van der Waals surface area (Å²) in [6.07, 6.45) is 0. The Balaban J connectivity index is 1.61. The lowest BCUT2D eigenvalue weighted by atomic mass is 10.2. The zero-order chi connectivity index (χ0) is 17.6. The minimum atomic E-state index is -0.439. The van der Waals surface area contributed by atoms with Gasteiger partial charge in [-0.05, 0) is 30.3 Å². The smallest absolute Gasteiger partial charge is 0.337 e. The maximum Gasteiger partial charge on any atom is 0.337 e. The topological polar surface area (TPSA) is 68.3 Å². The first kappa shape index (κ1) is 17.0. The second-order valence-electron chi connectivity index (χ2n) is 5.25. The molecule has 3 aromatic rings. The fourth-order valence-corrected chi connectivity index (χ4v) is 2.98. The predicted molar refractivity (Wildman–Crippen MR) is 98.9 cm³/mol. The van der Waals surface area contributed by atoms with E-state index in [9.17, 15) is 9.59 Å². The molecule has 0 saturated heterocycles. The lowest BCUT2D eigenvalue weighted by molar-refractivity contribution is -0.113. The Hall–Kier alpha value is -2.86. The molecule has 0 fully saturated rings. The van der Waals surface area contributed by atoms with Crippen molar-refractivity contribution in [1.82, 2.24) is 4.98 Å². The average molecular weight is 352 g/mol. The van der Waals surface area contributed by atoms with Gasteiger partial charge in [0.05, 0.1) is 29.0 Å². The first-order valence-corrected chi connectivity index (χ1v) is 8.61. The van der Waals surface area contributed by atoms with E-state index in [-0.39, 0.29) is 11.7 Å². The number of nitrogens with zero attached hydrogens (tertiary/aromatic N) is 1. The number of aromatic nitrogens is 1. The number of benzene rings is 2. The Bertz CT molecular complexity index is 927. The second-order valence-corrected chi connectivity index (χ2v) is 6.25. The van der Waals surface area contributed by atoms with Crippen LogP contribution in [0.4, 0.5) is 5.69 Å². The molecule has 25 heavy (non-hydrogen) atoms. The van der Waals surface area contributed by atoms with E-state index < -0.39 is 5.97 Å². The van der Waals surface area contributed by atoms with E-state index in [1.54, 1.807) is 24.3 Å². The Kier molecular flexibility index (Phi) is 5.30. The van der Waals surface area contributed by atoms with E-state index in [2.05, 4.69) is 15.0 Å². The second kappa shape index (κ2) is 7.81. The van der Waals surface area contributed by atoms with Gasteiger partial charge in [-0.15, -0.1) is 0 Å². The van der Waals surface area contributed by atoms with Gasteiger partial charge in [0, 0.05) is 11.1 Å². The van der Waals surface area contributed by atoms with Crippen LogP contribution in [0.25, 0.3) is 10.9 Å². The van der Waals surface area contributed by atoms with Crippen molar-refractivity contribution in [3.05, 3.63) is 66.2 Å². The largest absolute Gasteiger partial charge is 0.465 e. The molecule has 126 valence electrons. The summed E-state index contributed by atoms with van der Waals surface area (Å²) < 4.78 is 4.67. The minimum absolute atomic E-state index is 0.165. The number of ether oxygens (including phenoxy) is 1. The molecule has 0 radical (unpaired) electrons. The molecular formula is C19H16N2O3S. The molecular weight excluding hydrogens is 336 g/mol. The number of hydrogen-bond acceptors (Lipinski definition) is 5. The highest BCUT2D eigenvalue weighted by Crippen LogP contribution is 2.20. The molecule has 0 spiro atoms. The third-order valence-corrected chi connectivity index (χ3v) is 4.42. The lowest BCUT2D eigenvalue weighted by Gasteiger charge is -2.07.